The van der Waals surface area contributed by atoms with E-state index < -0.39 is 17.9 Å². The van der Waals surface area contributed by atoms with Crippen LogP contribution in [0.5, 0.6) is 0 Å². The van der Waals surface area contributed by atoms with Crippen LogP contribution >= 0.6 is 0 Å². The number of carboxylic acids is 1. The molecule has 0 aromatic carbocycles. The van der Waals surface area contributed by atoms with Gasteiger partial charge in [0.05, 0.1) is 5.56 Å². The van der Waals surface area contributed by atoms with Crippen LogP contribution in [0.2, 0.25) is 0 Å². The maximum Gasteiger partial charge on any atom is 0.449 e. The second kappa shape index (κ2) is 10.4. The third-order valence-electron chi connectivity index (χ3n) is 2.66. The van der Waals surface area contributed by atoms with Crippen LogP contribution in [0.1, 0.15) is 37.6 Å². The summed E-state index contributed by atoms with van der Waals surface area (Å²) in [4.78, 5) is 31.4. The molecule has 0 fully saturated rings. The first-order valence-corrected chi connectivity index (χ1v) is 7.37. The summed E-state index contributed by atoms with van der Waals surface area (Å²) in [6.07, 6.45) is -1.58. The molecule has 25 heavy (non-hydrogen) atoms. The second-order valence-corrected chi connectivity index (χ2v) is 5.48. The maximum atomic E-state index is 11.7. The van der Waals surface area contributed by atoms with Crippen LogP contribution in [-0.2, 0) is 16.1 Å². The van der Waals surface area contributed by atoms with Crippen LogP contribution in [0.15, 0.2) is 18.5 Å². The molecule has 140 valence electrons. The quantitative estimate of drug-likeness (QED) is 0.743. The molecule has 2 N–H and O–H groups in total. The number of hydrogen-bond donors (Lipinski definition) is 2. The van der Waals surface area contributed by atoms with E-state index >= 15 is 0 Å². The van der Waals surface area contributed by atoms with Crippen molar-refractivity contribution in [3.63, 3.8) is 0 Å². The Morgan fingerprint density at radius 2 is 1.88 bits per heavy atom. The molecule has 1 amide bonds. The molecule has 7 nitrogen and oxygen atoms in total. The molecule has 0 aliphatic carbocycles. The summed E-state index contributed by atoms with van der Waals surface area (Å²) in [6.45, 7) is 5.43. The number of aryl methyl sites for hydroxylation is 1. The zero-order chi connectivity index (χ0) is 19.6. The first kappa shape index (κ1) is 22.5. The number of nitrogens with one attached hydrogen (secondary N) is 1. The Morgan fingerprint density at radius 1 is 1.32 bits per heavy atom. The zero-order valence-corrected chi connectivity index (χ0v) is 14.1. The van der Waals surface area contributed by atoms with Gasteiger partial charge < -0.3 is 10.4 Å². The van der Waals surface area contributed by atoms with E-state index in [4.69, 9.17) is 5.11 Å². The highest BCUT2D eigenvalue weighted by atomic mass is 19.4. The van der Waals surface area contributed by atoms with Gasteiger partial charge in [-0.3, -0.25) is 14.4 Å². The van der Waals surface area contributed by atoms with Gasteiger partial charge in [0.25, 0.3) is 5.91 Å². The smallest absolute Gasteiger partial charge is 0.449 e. The summed E-state index contributed by atoms with van der Waals surface area (Å²) in [5.74, 6) is -2.40. The molecule has 0 saturated carbocycles. The number of carbonyl (C=O) groups excluding carboxylic acids is 2. The van der Waals surface area contributed by atoms with Gasteiger partial charge in [0.1, 0.15) is 12.6 Å². The predicted molar refractivity (Wildman–Crippen MR) is 80.6 cm³/mol. The predicted octanol–water partition coefficient (Wildman–Crippen LogP) is 1.37. The Morgan fingerprint density at radius 3 is 2.24 bits per heavy atom. The summed E-state index contributed by atoms with van der Waals surface area (Å²) in [5, 5.41) is 15.3. The number of amides is 1. The number of carbonyl (C=O) groups is 3. The monoisotopic (exact) mass is 364 g/mol. The summed E-state index contributed by atoms with van der Waals surface area (Å²) < 4.78 is 34.0. The number of hydrogen-bond acceptors (Lipinski definition) is 4. The van der Waals surface area contributed by atoms with Crippen molar-refractivity contribution in [2.45, 2.75) is 39.9 Å². The molecule has 0 atom stereocenters. The van der Waals surface area contributed by atoms with Gasteiger partial charge in [-0.05, 0) is 11.0 Å². The number of aromatic nitrogens is 2. The fourth-order valence-electron chi connectivity index (χ4n) is 1.26. The lowest BCUT2D eigenvalue weighted by atomic mass is 10.2. The molecule has 0 aliphatic heterocycles. The largest absolute Gasteiger partial charge is 0.481 e. The van der Waals surface area contributed by atoms with Crippen LogP contribution < -0.4 is 10.00 Å². The summed E-state index contributed by atoms with van der Waals surface area (Å²) in [5.41, 5.74) is 0.474. The zero-order valence-electron chi connectivity index (χ0n) is 14.1. The van der Waals surface area contributed by atoms with Gasteiger partial charge in [-0.15, -0.1) is 0 Å². The fraction of sp³-hybridized carbons (Fsp3) is 0.533. The number of alkyl halides is 3. The maximum absolute atomic E-state index is 11.7. The van der Waals surface area contributed by atoms with Crippen LogP contribution in [0, 0.1) is 5.92 Å². The van der Waals surface area contributed by atoms with Crippen molar-refractivity contribution in [1.82, 2.24) is 10.4 Å². The SMILES string of the molecule is CC(=O)C(F)(F)F.CC(C)CNC(=O)c1cc[n+](CCC(=O)O)nc1. The molecule has 0 radical (unpaired) electrons. The van der Waals surface area contributed by atoms with Crippen molar-refractivity contribution < 1.29 is 37.3 Å². The van der Waals surface area contributed by atoms with Crippen molar-refractivity contribution in [2.75, 3.05) is 6.54 Å². The standard InChI is InChI=1S/C12H17N3O3.C3H3F3O/c1-9(2)7-13-12(18)10-3-5-15(14-8-10)6-4-11(16)17;1-2(7)3(4,5)6/h3,5,8-9H,4,6-7H2,1-2H3,(H-,13,16,17,18);1H3/p+1. The Bertz CT molecular complexity index is 587. The number of Topliss-reactive ketones (excluding diaryl/α,β-unsaturated/α-hetero) is 1. The molecule has 10 heteroatoms. The minimum atomic E-state index is -4.64. The molecule has 0 bridgehead atoms. The summed E-state index contributed by atoms with van der Waals surface area (Å²) in [6, 6.07) is 1.63. The molecule has 1 rings (SSSR count). The first-order chi connectivity index (χ1) is 11.4. The third kappa shape index (κ3) is 10.8. The molecule has 0 saturated heterocycles. The lowest BCUT2D eigenvalue weighted by Gasteiger charge is -2.06. The van der Waals surface area contributed by atoms with E-state index in [1.54, 1.807) is 12.3 Å². The number of rotatable bonds is 6. The van der Waals surface area contributed by atoms with Gasteiger partial charge >= 0.3 is 12.1 Å². The molecule has 0 unspecified atom stereocenters. The average Bonchev–Trinajstić information content (AvgIpc) is 2.50. The molecule has 0 spiro atoms. The van der Waals surface area contributed by atoms with E-state index in [0.717, 1.165) is 0 Å². The van der Waals surface area contributed by atoms with Gasteiger partial charge in [0, 0.05) is 19.5 Å². The molecule has 1 aromatic rings. The highest BCUT2D eigenvalue weighted by Crippen LogP contribution is 2.14. The number of ketones is 1. The molecular formula is C15H21F3N3O4+. The number of nitrogens with zero attached hydrogens (tertiary/aromatic N) is 2. The van der Waals surface area contributed by atoms with E-state index in [1.165, 1.54) is 10.9 Å². The highest BCUT2D eigenvalue weighted by Gasteiger charge is 2.33. The lowest BCUT2D eigenvalue weighted by Crippen LogP contribution is -2.39. The normalized spacial score (nSPS) is 10.7. The minimum Gasteiger partial charge on any atom is -0.481 e. The first-order valence-electron chi connectivity index (χ1n) is 7.37. The van der Waals surface area contributed by atoms with E-state index in [0.29, 0.717) is 31.5 Å². The fourth-order valence-corrected chi connectivity index (χ4v) is 1.26. The third-order valence-corrected chi connectivity index (χ3v) is 2.66. The van der Waals surface area contributed by atoms with Gasteiger partial charge in [-0.2, -0.15) is 13.2 Å². The van der Waals surface area contributed by atoms with Gasteiger partial charge in [-0.1, -0.05) is 18.5 Å². The minimum absolute atomic E-state index is 0.0105. The van der Waals surface area contributed by atoms with Gasteiger partial charge in [-0.25, -0.2) is 0 Å². The van der Waals surface area contributed by atoms with Crippen molar-refractivity contribution in [2.24, 2.45) is 5.92 Å². The average molecular weight is 364 g/mol. The topological polar surface area (TPSA) is 100 Å². The van der Waals surface area contributed by atoms with Crippen molar-refractivity contribution in [3.8, 4) is 0 Å². The Labute approximate surface area is 142 Å². The number of aliphatic carboxylic acids is 1. The molecule has 1 heterocycles. The molecule has 0 aliphatic rings. The van der Waals surface area contributed by atoms with E-state index in [2.05, 4.69) is 10.4 Å². The van der Waals surface area contributed by atoms with Crippen LogP contribution in [0.4, 0.5) is 13.2 Å². The van der Waals surface area contributed by atoms with Crippen molar-refractivity contribution in [1.29, 1.82) is 0 Å². The number of carboxylic acid groups (broad SMARTS) is 1. The van der Waals surface area contributed by atoms with E-state index in [9.17, 15) is 27.6 Å². The lowest BCUT2D eigenvalue weighted by molar-refractivity contribution is -0.753. The van der Waals surface area contributed by atoms with Crippen LogP contribution in [-0.4, -0.2) is 40.6 Å². The van der Waals surface area contributed by atoms with E-state index in [-0.39, 0.29) is 12.3 Å². The summed E-state index contributed by atoms with van der Waals surface area (Å²) >= 11 is 0. The molecule has 1 aromatic heterocycles. The Kier molecular flexibility index (Phi) is 9.32. The summed E-state index contributed by atoms with van der Waals surface area (Å²) in [7, 11) is 0. The van der Waals surface area contributed by atoms with E-state index in [1.807, 2.05) is 13.8 Å². The second-order valence-electron chi connectivity index (χ2n) is 5.48. The van der Waals surface area contributed by atoms with Crippen molar-refractivity contribution in [3.05, 3.63) is 24.0 Å². The number of halogens is 3. The van der Waals surface area contributed by atoms with Crippen LogP contribution in [0.3, 0.4) is 0 Å². The van der Waals surface area contributed by atoms with Gasteiger partial charge in [0.15, 0.2) is 12.7 Å². The van der Waals surface area contributed by atoms with Crippen LogP contribution in [0.25, 0.3) is 0 Å². The van der Waals surface area contributed by atoms with Crippen molar-refractivity contribution >= 4 is 17.7 Å². The highest BCUT2D eigenvalue weighted by molar-refractivity contribution is 5.93. The molecular weight excluding hydrogens is 343 g/mol. The Balaban J connectivity index is 0.000000697. The Hall–Kier alpha value is -2.52. The van der Waals surface area contributed by atoms with Gasteiger partial charge in [0.2, 0.25) is 5.78 Å².